The predicted octanol–water partition coefficient (Wildman–Crippen LogP) is 2.41. The van der Waals surface area contributed by atoms with Gasteiger partial charge in [0.25, 0.3) is 5.91 Å². The molecular weight excluding hydrogens is 292 g/mol. The number of para-hydroxylation sites is 2. The van der Waals surface area contributed by atoms with E-state index in [-0.39, 0.29) is 12.5 Å². The number of ether oxygens (including phenoxy) is 2. The molecule has 0 aliphatic carbocycles. The summed E-state index contributed by atoms with van der Waals surface area (Å²) in [6, 6.07) is 14.9. The van der Waals surface area contributed by atoms with E-state index in [2.05, 4.69) is 5.32 Å². The molecule has 0 aromatic heterocycles. The average Bonchev–Trinajstić information content (AvgIpc) is 2.56. The van der Waals surface area contributed by atoms with E-state index < -0.39 is 0 Å². The lowest BCUT2D eigenvalue weighted by Gasteiger charge is -2.11. The molecule has 23 heavy (non-hydrogen) atoms. The van der Waals surface area contributed by atoms with Crippen LogP contribution < -0.4 is 20.5 Å². The monoisotopic (exact) mass is 314 g/mol. The van der Waals surface area contributed by atoms with Gasteiger partial charge in [0.1, 0.15) is 0 Å². The fourth-order valence-corrected chi connectivity index (χ4v) is 2.07. The molecule has 2 aromatic rings. The number of hydrogen-bond donors (Lipinski definition) is 2. The van der Waals surface area contributed by atoms with Crippen LogP contribution >= 0.6 is 0 Å². The second-order valence-electron chi connectivity index (χ2n) is 5.01. The van der Waals surface area contributed by atoms with E-state index in [1.807, 2.05) is 49.4 Å². The fourth-order valence-electron chi connectivity index (χ4n) is 2.07. The van der Waals surface area contributed by atoms with Gasteiger partial charge in [-0.3, -0.25) is 4.79 Å². The van der Waals surface area contributed by atoms with Gasteiger partial charge in [-0.1, -0.05) is 24.3 Å². The van der Waals surface area contributed by atoms with Crippen LogP contribution in [0, 0.1) is 0 Å². The molecule has 5 nitrogen and oxygen atoms in total. The fraction of sp³-hybridized carbons (Fsp3) is 0.278. The van der Waals surface area contributed by atoms with Crippen LogP contribution in [-0.4, -0.2) is 25.7 Å². The standard InChI is InChI=1S/C18H22N2O3/c1-2-22-16-5-3-4-6-17(16)23-13-18(21)20-12-11-14-7-9-15(19)10-8-14/h3-10H,2,11-13,19H2,1H3,(H,20,21). The van der Waals surface area contributed by atoms with Gasteiger partial charge >= 0.3 is 0 Å². The molecule has 0 spiro atoms. The van der Waals surface area contributed by atoms with Crippen LogP contribution in [0.4, 0.5) is 5.69 Å². The normalized spacial score (nSPS) is 10.1. The first-order valence-electron chi connectivity index (χ1n) is 7.64. The first-order chi connectivity index (χ1) is 11.2. The highest BCUT2D eigenvalue weighted by atomic mass is 16.5. The minimum absolute atomic E-state index is 0.0359. The Kier molecular flexibility index (Phi) is 6.29. The van der Waals surface area contributed by atoms with Crippen molar-refractivity contribution in [2.45, 2.75) is 13.3 Å². The first kappa shape index (κ1) is 16.7. The van der Waals surface area contributed by atoms with Crippen LogP contribution in [0.1, 0.15) is 12.5 Å². The maximum absolute atomic E-state index is 11.8. The Balaban J connectivity index is 1.74. The number of hydrogen-bond acceptors (Lipinski definition) is 4. The number of amides is 1. The number of nitrogens with one attached hydrogen (secondary N) is 1. The molecule has 0 unspecified atom stereocenters. The molecule has 122 valence electrons. The Morgan fingerprint density at radius 2 is 1.70 bits per heavy atom. The van der Waals surface area contributed by atoms with E-state index in [1.54, 1.807) is 6.07 Å². The molecule has 0 aliphatic rings. The molecule has 2 rings (SSSR count). The Morgan fingerprint density at radius 1 is 1.04 bits per heavy atom. The summed E-state index contributed by atoms with van der Waals surface area (Å²) in [5.41, 5.74) is 7.50. The van der Waals surface area contributed by atoms with E-state index in [1.165, 1.54) is 0 Å². The van der Waals surface area contributed by atoms with Gasteiger partial charge in [-0.05, 0) is 43.2 Å². The molecule has 2 aromatic carbocycles. The van der Waals surface area contributed by atoms with Crippen molar-refractivity contribution in [3.8, 4) is 11.5 Å². The first-order valence-corrected chi connectivity index (χ1v) is 7.64. The number of rotatable bonds is 8. The molecular formula is C18H22N2O3. The van der Waals surface area contributed by atoms with E-state index in [0.29, 0.717) is 24.7 Å². The lowest BCUT2D eigenvalue weighted by Crippen LogP contribution is -2.30. The predicted molar refractivity (Wildman–Crippen MR) is 90.7 cm³/mol. The van der Waals surface area contributed by atoms with Crippen molar-refractivity contribution in [3.63, 3.8) is 0 Å². The highest BCUT2D eigenvalue weighted by Gasteiger charge is 2.07. The highest BCUT2D eigenvalue weighted by Crippen LogP contribution is 2.26. The summed E-state index contributed by atoms with van der Waals surface area (Å²) in [6.45, 7) is 2.97. The second kappa shape index (κ2) is 8.68. The Labute approximate surface area is 136 Å². The van der Waals surface area contributed by atoms with Crippen molar-refractivity contribution < 1.29 is 14.3 Å². The quantitative estimate of drug-likeness (QED) is 0.734. The van der Waals surface area contributed by atoms with Gasteiger partial charge in [0, 0.05) is 12.2 Å². The van der Waals surface area contributed by atoms with Gasteiger partial charge in [0.05, 0.1) is 6.61 Å². The molecule has 3 N–H and O–H groups in total. The number of carbonyl (C=O) groups excluding carboxylic acids is 1. The smallest absolute Gasteiger partial charge is 0.257 e. The molecule has 5 heteroatoms. The number of anilines is 1. The lowest BCUT2D eigenvalue weighted by atomic mass is 10.1. The summed E-state index contributed by atoms with van der Waals surface area (Å²) in [5, 5.41) is 2.83. The SMILES string of the molecule is CCOc1ccccc1OCC(=O)NCCc1ccc(N)cc1. The van der Waals surface area contributed by atoms with Gasteiger partial charge < -0.3 is 20.5 Å². The van der Waals surface area contributed by atoms with Crippen LogP contribution in [0.3, 0.4) is 0 Å². The van der Waals surface area contributed by atoms with E-state index in [0.717, 1.165) is 17.7 Å². The van der Waals surface area contributed by atoms with Crippen molar-refractivity contribution in [3.05, 3.63) is 54.1 Å². The zero-order chi connectivity index (χ0) is 16.5. The Bertz CT molecular complexity index is 626. The maximum atomic E-state index is 11.8. The lowest BCUT2D eigenvalue weighted by molar-refractivity contribution is -0.123. The zero-order valence-electron chi connectivity index (χ0n) is 13.2. The van der Waals surface area contributed by atoms with Gasteiger partial charge in [-0.15, -0.1) is 0 Å². The van der Waals surface area contributed by atoms with Gasteiger partial charge in [-0.25, -0.2) is 0 Å². The third-order valence-corrected chi connectivity index (χ3v) is 3.22. The molecule has 0 saturated heterocycles. The molecule has 0 heterocycles. The Morgan fingerprint density at radius 3 is 2.35 bits per heavy atom. The molecule has 0 fully saturated rings. The van der Waals surface area contributed by atoms with Crippen LogP contribution in [0.5, 0.6) is 11.5 Å². The number of benzene rings is 2. The molecule has 0 bridgehead atoms. The molecule has 0 aliphatic heterocycles. The second-order valence-corrected chi connectivity index (χ2v) is 5.01. The van der Waals surface area contributed by atoms with Crippen molar-refractivity contribution in [1.82, 2.24) is 5.32 Å². The summed E-state index contributed by atoms with van der Waals surface area (Å²) < 4.78 is 11.0. The number of nitrogen functional groups attached to an aromatic ring is 1. The van der Waals surface area contributed by atoms with Crippen molar-refractivity contribution in [2.75, 3.05) is 25.5 Å². The molecule has 0 atom stereocenters. The summed E-state index contributed by atoms with van der Waals surface area (Å²) in [5.74, 6) is 1.06. The minimum atomic E-state index is -0.160. The van der Waals surface area contributed by atoms with Crippen molar-refractivity contribution >= 4 is 11.6 Å². The largest absolute Gasteiger partial charge is 0.490 e. The Hall–Kier alpha value is -2.69. The van der Waals surface area contributed by atoms with Gasteiger partial charge in [0.2, 0.25) is 0 Å². The average molecular weight is 314 g/mol. The summed E-state index contributed by atoms with van der Waals surface area (Å²) in [4.78, 5) is 11.8. The van der Waals surface area contributed by atoms with E-state index >= 15 is 0 Å². The van der Waals surface area contributed by atoms with Gasteiger partial charge in [0.15, 0.2) is 18.1 Å². The molecule has 0 saturated carbocycles. The third-order valence-electron chi connectivity index (χ3n) is 3.22. The topological polar surface area (TPSA) is 73.6 Å². The molecule has 0 radical (unpaired) electrons. The number of carbonyl (C=O) groups is 1. The summed E-state index contributed by atoms with van der Waals surface area (Å²) >= 11 is 0. The minimum Gasteiger partial charge on any atom is -0.490 e. The summed E-state index contributed by atoms with van der Waals surface area (Å²) in [6.07, 6.45) is 0.752. The number of nitrogens with two attached hydrogens (primary N) is 1. The van der Waals surface area contributed by atoms with Crippen LogP contribution in [0.25, 0.3) is 0 Å². The maximum Gasteiger partial charge on any atom is 0.257 e. The van der Waals surface area contributed by atoms with Crippen LogP contribution in [-0.2, 0) is 11.2 Å². The van der Waals surface area contributed by atoms with Gasteiger partial charge in [-0.2, -0.15) is 0 Å². The van der Waals surface area contributed by atoms with Crippen molar-refractivity contribution in [1.29, 1.82) is 0 Å². The third kappa shape index (κ3) is 5.54. The highest BCUT2D eigenvalue weighted by molar-refractivity contribution is 5.77. The van der Waals surface area contributed by atoms with E-state index in [4.69, 9.17) is 15.2 Å². The molecule has 1 amide bonds. The van der Waals surface area contributed by atoms with E-state index in [9.17, 15) is 4.79 Å². The van der Waals surface area contributed by atoms with Crippen LogP contribution in [0.2, 0.25) is 0 Å². The van der Waals surface area contributed by atoms with Crippen LogP contribution in [0.15, 0.2) is 48.5 Å². The van der Waals surface area contributed by atoms with Crippen molar-refractivity contribution in [2.24, 2.45) is 0 Å². The summed E-state index contributed by atoms with van der Waals surface area (Å²) in [7, 11) is 0. The zero-order valence-corrected chi connectivity index (χ0v) is 13.2.